The zero-order chi connectivity index (χ0) is 26.6. The molecule has 0 rings (SSSR count). The van der Waals surface area contributed by atoms with Crippen LogP contribution in [0.4, 0.5) is 0 Å². The molecule has 0 spiro atoms. The summed E-state index contributed by atoms with van der Waals surface area (Å²) < 4.78 is 0. The van der Waals surface area contributed by atoms with Crippen LogP contribution in [0.5, 0.6) is 0 Å². The lowest BCUT2D eigenvalue weighted by Crippen LogP contribution is -2.58. The number of aliphatic carboxylic acids is 1. The molecule has 0 aliphatic rings. The molecule has 0 aliphatic carbocycles. The summed E-state index contributed by atoms with van der Waals surface area (Å²) in [5, 5.41) is 47.4. The van der Waals surface area contributed by atoms with E-state index in [9.17, 15) is 39.0 Å². The molecule has 11 N–H and O–H groups in total. The van der Waals surface area contributed by atoms with Crippen molar-refractivity contribution in [2.45, 2.75) is 57.1 Å². The largest absolute Gasteiger partial charge is 0.480 e. The Morgan fingerprint density at radius 2 is 1.32 bits per heavy atom. The molecular weight excluding hydrogens is 460 g/mol. The number of nitrogens with two attached hydrogens (primary N) is 1. The number of amides is 5. The number of aliphatic hydroxyl groups is 3. The summed E-state index contributed by atoms with van der Waals surface area (Å²) in [4.78, 5) is 70.9. The van der Waals surface area contributed by atoms with Crippen LogP contribution in [0.25, 0.3) is 0 Å². The highest BCUT2D eigenvalue weighted by atomic mass is 16.4. The van der Waals surface area contributed by atoms with Gasteiger partial charge in [-0.1, -0.05) is 0 Å². The minimum atomic E-state index is -1.52. The fraction of sp³-hybridized carbons (Fsp3) is 0.667. The van der Waals surface area contributed by atoms with E-state index in [4.69, 9.17) is 15.9 Å². The minimum absolute atomic E-state index is 0.653. The second-order valence-electron chi connectivity index (χ2n) is 7.34. The number of rotatable bonds is 14. The summed E-state index contributed by atoms with van der Waals surface area (Å²) in [5.41, 5.74) is 5.31. The van der Waals surface area contributed by atoms with E-state index in [0.717, 1.165) is 0 Å². The van der Waals surface area contributed by atoms with Crippen LogP contribution in [0.1, 0.15) is 20.8 Å². The summed E-state index contributed by atoms with van der Waals surface area (Å²) in [6, 6.07) is -6.74. The van der Waals surface area contributed by atoms with Gasteiger partial charge in [-0.05, 0) is 20.8 Å². The highest BCUT2D eigenvalue weighted by molar-refractivity contribution is 5.95. The number of hydrogen-bond acceptors (Lipinski definition) is 10. The second kappa shape index (κ2) is 14.7. The lowest BCUT2D eigenvalue weighted by atomic mass is 10.1. The lowest BCUT2D eigenvalue weighted by molar-refractivity contribution is -0.142. The average Bonchev–Trinajstić information content (AvgIpc) is 2.77. The maximum absolute atomic E-state index is 12.2. The zero-order valence-electron chi connectivity index (χ0n) is 18.9. The number of carboxylic acid groups (broad SMARTS) is 1. The third-order valence-corrected chi connectivity index (χ3v) is 4.33. The van der Waals surface area contributed by atoms with Crippen LogP contribution in [0.3, 0.4) is 0 Å². The van der Waals surface area contributed by atoms with Gasteiger partial charge in [0.05, 0.1) is 25.9 Å². The van der Waals surface area contributed by atoms with Crippen LogP contribution < -0.4 is 32.3 Å². The number of carbonyl (C=O) groups excluding carboxylic acids is 5. The molecule has 5 amide bonds. The van der Waals surface area contributed by atoms with Gasteiger partial charge in [0.2, 0.25) is 29.5 Å². The lowest BCUT2D eigenvalue weighted by Gasteiger charge is -2.23. The highest BCUT2D eigenvalue weighted by Gasteiger charge is 2.29. The maximum atomic E-state index is 12.2. The van der Waals surface area contributed by atoms with E-state index in [1.165, 1.54) is 20.8 Å². The molecule has 0 bridgehead atoms. The van der Waals surface area contributed by atoms with Crippen molar-refractivity contribution in [3.8, 4) is 0 Å². The van der Waals surface area contributed by atoms with Crippen LogP contribution >= 0.6 is 0 Å². The summed E-state index contributed by atoms with van der Waals surface area (Å²) in [6.07, 6.45) is -1.40. The molecule has 0 aromatic heterocycles. The van der Waals surface area contributed by atoms with Gasteiger partial charge in [0, 0.05) is 0 Å². The molecule has 0 saturated carbocycles. The standard InChI is InChI=1S/C18H32N6O10/c1-7(21-15(30)10(19)5-25)14(29)23-11(6-26)16(31)20-4-12(28)24-13(9(3)27)17(32)22-8(2)18(33)34/h7-11,13,25-27H,4-6,19H2,1-3H3,(H,20,31)(H,21,30)(H,22,32)(H,23,29)(H,24,28)(H,33,34)/t7-,8-,9+,10-,11-,13-/m0/s1. The Labute approximate surface area is 194 Å². The topological polar surface area (TPSA) is 270 Å². The molecule has 6 atom stereocenters. The van der Waals surface area contributed by atoms with Crippen molar-refractivity contribution < 1.29 is 49.2 Å². The first-order valence-corrected chi connectivity index (χ1v) is 10.1. The molecule has 0 saturated heterocycles. The molecule has 0 radical (unpaired) electrons. The number of hydrogen-bond donors (Lipinski definition) is 10. The van der Waals surface area contributed by atoms with Gasteiger partial charge in [0.15, 0.2) is 0 Å². The van der Waals surface area contributed by atoms with E-state index in [-0.39, 0.29) is 0 Å². The van der Waals surface area contributed by atoms with Crippen LogP contribution in [-0.4, -0.2) is 112 Å². The van der Waals surface area contributed by atoms with Crippen LogP contribution in [0.2, 0.25) is 0 Å². The minimum Gasteiger partial charge on any atom is -0.480 e. The Hall–Kier alpha value is -3.34. The molecule has 16 nitrogen and oxygen atoms in total. The van der Waals surface area contributed by atoms with Crippen molar-refractivity contribution in [3.05, 3.63) is 0 Å². The van der Waals surface area contributed by atoms with Gasteiger partial charge in [-0.25, -0.2) is 0 Å². The maximum Gasteiger partial charge on any atom is 0.325 e. The van der Waals surface area contributed by atoms with Crippen molar-refractivity contribution >= 4 is 35.5 Å². The summed E-state index contributed by atoms with van der Waals surface area (Å²) in [7, 11) is 0. The first kappa shape index (κ1) is 30.7. The Bertz CT molecular complexity index is 762. The number of nitrogens with one attached hydrogen (secondary N) is 5. The molecule has 194 valence electrons. The van der Waals surface area contributed by atoms with Gasteiger partial charge in [0.1, 0.15) is 30.2 Å². The quantitative estimate of drug-likeness (QED) is 0.109. The predicted molar refractivity (Wildman–Crippen MR) is 114 cm³/mol. The van der Waals surface area contributed by atoms with Gasteiger partial charge >= 0.3 is 5.97 Å². The summed E-state index contributed by atoms with van der Waals surface area (Å²) in [6.45, 7) is 1.40. The average molecular weight is 492 g/mol. The third-order valence-electron chi connectivity index (χ3n) is 4.33. The van der Waals surface area contributed by atoms with E-state index in [2.05, 4.69) is 26.6 Å². The molecule has 0 fully saturated rings. The van der Waals surface area contributed by atoms with Gasteiger partial charge in [-0.15, -0.1) is 0 Å². The third kappa shape index (κ3) is 10.5. The first-order chi connectivity index (χ1) is 15.7. The van der Waals surface area contributed by atoms with E-state index >= 15 is 0 Å². The van der Waals surface area contributed by atoms with E-state index in [0.29, 0.717) is 0 Å². The molecule has 0 aromatic carbocycles. The van der Waals surface area contributed by atoms with Crippen molar-refractivity contribution in [1.82, 2.24) is 26.6 Å². The van der Waals surface area contributed by atoms with Crippen molar-refractivity contribution in [1.29, 1.82) is 0 Å². The SMILES string of the molecule is C[C@H](NC(=O)[C@@H](NC(=O)CNC(=O)[C@H](CO)NC(=O)[C@H](C)NC(=O)[C@@H](N)CO)[C@@H](C)O)C(=O)O. The predicted octanol–water partition coefficient (Wildman–Crippen LogP) is -6.14. The van der Waals surface area contributed by atoms with Gasteiger partial charge < -0.3 is 52.7 Å². The van der Waals surface area contributed by atoms with E-state index < -0.39 is 91.6 Å². The molecule has 0 unspecified atom stereocenters. The number of aliphatic hydroxyl groups excluding tert-OH is 3. The van der Waals surface area contributed by atoms with Gasteiger partial charge in [-0.3, -0.25) is 28.8 Å². The monoisotopic (exact) mass is 492 g/mol. The Balaban J connectivity index is 4.84. The second-order valence-corrected chi connectivity index (χ2v) is 7.34. The fourth-order valence-electron chi connectivity index (χ4n) is 2.24. The highest BCUT2D eigenvalue weighted by Crippen LogP contribution is 1.96. The number of carboxylic acids is 1. The Morgan fingerprint density at radius 1 is 0.765 bits per heavy atom. The zero-order valence-corrected chi connectivity index (χ0v) is 18.9. The number of carbonyl (C=O) groups is 6. The first-order valence-electron chi connectivity index (χ1n) is 10.1. The summed E-state index contributed by atoms with van der Waals surface area (Å²) >= 11 is 0. The van der Waals surface area contributed by atoms with Gasteiger partial charge in [0.25, 0.3) is 0 Å². The molecule has 0 aliphatic heterocycles. The molecular formula is C18H32N6O10. The van der Waals surface area contributed by atoms with Crippen LogP contribution in [0.15, 0.2) is 0 Å². The van der Waals surface area contributed by atoms with E-state index in [1.54, 1.807) is 0 Å². The molecule has 0 heterocycles. The summed E-state index contributed by atoms with van der Waals surface area (Å²) in [5.74, 6) is -5.90. The van der Waals surface area contributed by atoms with E-state index in [1.807, 2.05) is 0 Å². The van der Waals surface area contributed by atoms with Crippen molar-refractivity contribution in [3.63, 3.8) is 0 Å². The normalized spacial score (nSPS) is 16.0. The van der Waals surface area contributed by atoms with Crippen LogP contribution in [0, 0.1) is 0 Å². The molecule has 0 aromatic rings. The fourth-order valence-corrected chi connectivity index (χ4v) is 2.24. The molecule has 34 heavy (non-hydrogen) atoms. The van der Waals surface area contributed by atoms with Crippen molar-refractivity contribution in [2.24, 2.45) is 5.73 Å². The van der Waals surface area contributed by atoms with Crippen LogP contribution in [-0.2, 0) is 28.8 Å². The van der Waals surface area contributed by atoms with Crippen molar-refractivity contribution in [2.75, 3.05) is 19.8 Å². The smallest absolute Gasteiger partial charge is 0.325 e. The molecule has 16 heteroatoms. The van der Waals surface area contributed by atoms with Gasteiger partial charge in [-0.2, -0.15) is 0 Å². The Kier molecular flexibility index (Phi) is 13.3. The Morgan fingerprint density at radius 3 is 1.79 bits per heavy atom.